The van der Waals surface area contributed by atoms with Crippen molar-refractivity contribution < 1.29 is 17.9 Å². The molecule has 1 atom stereocenters. The standard InChI is InChI=1S/C13H16F3N3O/c1-2-6-19-11(8-18-12(19)17)9-4-3-5-10(7-9)20-13(14,15)16/h3-5,7,11H,2,6,8H2,1H3,(H2,17,18). The number of aliphatic imine (C=N–C) groups is 1. The first kappa shape index (κ1) is 14.5. The first-order valence-electron chi connectivity index (χ1n) is 6.33. The van der Waals surface area contributed by atoms with Crippen LogP contribution in [0.2, 0.25) is 0 Å². The third-order valence-corrected chi connectivity index (χ3v) is 3.04. The highest BCUT2D eigenvalue weighted by molar-refractivity contribution is 5.80. The summed E-state index contributed by atoms with van der Waals surface area (Å²) < 4.78 is 40.6. The van der Waals surface area contributed by atoms with E-state index in [-0.39, 0.29) is 11.8 Å². The van der Waals surface area contributed by atoms with E-state index in [1.54, 1.807) is 6.07 Å². The Morgan fingerprint density at radius 1 is 1.45 bits per heavy atom. The molecule has 0 amide bonds. The number of nitrogens with two attached hydrogens (primary N) is 1. The minimum atomic E-state index is -4.69. The number of nitrogens with zero attached hydrogens (tertiary/aromatic N) is 2. The van der Waals surface area contributed by atoms with Crippen LogP contribution in [-0.4, -0.2) is 30.3 Å². The maximum Gasteiger partial charge on any atom is 0.573 e. The number of halogens is 3. The van der Waals surface area contributed by atoms with Gasteiger partial charge in [-0.05, 0) is 24.1 Å². The van der Waals surface area contributed by atoms with Crippen LogP contribution in [0.3, 0.4) is 0 Å². The molecule has 110 valence electrons. The zero-order valence-electron chi connectivity index (χ0n) is 11.0. The van der Waals surface area contributed by atoms with Gasteiger partial charge in [-0.15, -0.1) is 13.2 Å². The van der Waals surface area contributed by atoms with Crippen molar-refractivity contribution in [2.45, 2.75) is 25.7 Å². The van der Waals surface area contributed by atoms with Gasteiger partial charge in [0.1, 0.15) is 5.75 Å². The minimum Gasteiger partial charge on any atom is -0.406 e. The largest absolute Gasteiger partial charge is 0.573 e. The van der Waals surface area contributed by atoms with Gasteiger partial charge in [0.2, 0.25) is 0 Å². The second-order valence-electron chi connectivity index (χ2n) is 4.53. The lowest BCUT2D eigenvalue weighted by atomic mass is 10.1. The Hall–Kier alpha value is -1.92. The van der Waals surface area contributed by atoms with Crippen LogP contribution in [0.25, 0.3) is 0 Å². The number of ether oxygens (including phenoxy) is 1. The van der Waals surface area contributed by atoms with E-state index in [0.717, 1.165) is 6.42 Å². The molecule has 0 saturated heterocycles. The number of guanidine groups is 1. The summed E-state index contributed by atoms with van der Waals surface area (Å²) in [6, 6.07) is 5.82. The van der Waals surface area contributed by atoms with E-state index in [1.165, 1.54) is 18.2 Å². The highest BCUT2D eigenvalue weighted by Gasteiger charge is 2.32. The fourth-order valence-electron chi connectivity index (χ4n) is 2.24. The van der Waals surface area contributed by atoms with Gasteiger partial charge in [-0.1, -0.05) is 19.1 Å². The normalized spacial score (nSPS) is 19.1. The third kappa shape index (κ3) is 3.34. The molecule has 0 aromatic heterocycles. The van der Waals surface area contributed by atoms with E-state index in [9.17, 15) is 13.2 Å². The molecule has 1 aromatic rings. The summed E-state index contributed by atoms with van der Waals surface area (Å²) in [6.45, 7) is 3.16. The van der Waals surface area contributed by atoms with E-state index in [0.29, 0.717) is 24.6 Å². The van der Waals surface area contributed by atoms with Crippen molar-refractivity contribution in [1.29, 1.82) is 0 Å². The van der Waals surface area contributed by atoms with Gasteiger partial charge < -0.3 is 15.4 Å². The van der Waals surface area contributed by atoms with Gasteiger partial charge in [-0.2, -0.15) is 0 Å². The smallest absolute Gasteiger partial charge is 0.406 e. The maximum absolute atomic E-state index is 12.2. The molecule has 4 nitrogen and oxygen atoms in total. The third-order valence-electron chi connectivity index (χ3n) is 3.04. The average molecular weight is 287 g/mol. The second-order valence-corrected chi connectivity index (χ2v) is 4.53. The highest BCUT2D eigenvalue weighted by Crippen LogP contribution is 2.30. The lowest BCUT2D eigenvalue weighted by Crippen LogP contribution is -2.36. The molecular weight excluding hydrogens is 271 g/mol. The first-order chi connectivity index (χ1) is 9.40. The van der Waals surface area contributed by atoms with Crippen LogP contribution in [0.4, 0.5) is 13.2 Å². The van der Waals surface area contributed by atoms with E-state index in [1.807, 2.05) is 11.8 Å². The molecule has 1 aliphatic rings. The Kier molecular flexibility index (Phi) is 4.06. The average Bonchev–Trinajstić information content (AvgIpc) is 2.70. The molecule has 0 aliphatic carbocycles. The molecule has 0 saturated carbocycles. The van der Waals surface area contributed by atoms with Crippen molar-refractivity contribution in [3.05, 3.63) is 29.8 Å². The van der Waals surface area contributed by atoms with Crippen LogP contribution in [0.5, 0.6) is 5.75 Å². The summed E-state index contributed by atoms with van der Waals surface area (Å²) in [5.41, 5.74) is 6.51. The Bertz CT molecular complexity index is 502. The number of rotatable bonds is 4. The van der Waals surface area contributed by atoms with Crippen LogP contribution in [0.1, 0.15) is 24.9 Å². The van der Waals surface area contributed by atoms with Gasteiger partial charge in [0.25, 0.3) is 0 Å². The molecule has 0 radical (unpaired) electrons. The van der Waals surface area contributed by atoms with Crippen LogP contribution in [0, 0.1) is 0 Å². The van der Waals surface area contributed by atoms with Crippen LogP contribution in [-0.2, 0) is 0 Å². The molecule has 0 fully saturated rings. The number of benzene rings is 1. The van der Waals surface area contributed by atoms with Crippen molar-refractivity contribution in [3.63, 3.8) is 0 Å². The summed E-state index contributed by atoms with van der Waals surface area (Å²) >= 11 is 0. The van der Waals surface area contributed by atoms with E-state index >= 15 is 0 Å². The lowest BCUT2D eigenvalue weighted by molar-refractivity contribution is -0.274. The van der Waals surface area contributed by atoms with Crippen LogP contribution < -0.4 is 10.5 Å². The zero-order chi connectivity index (χ0) is 14.8. The summed E-state index contributed by atoms with van der Waals surface area (Å²) in [5.74, 6) is 0.205. The molecular formula is C13H16F3N3O. The lowest BCUT2D eigenvalue weighted by Gasteiger charge is -2.26. The van der Waals surface area contributed by atoms with Gasteiger partial charge in [0, 0.05) is 6.54 Å². The van der Waals surface area contributed by atoms with E-state index in [2.05, 4.69) is 9.73 Å². The van der Waals surface area contributed by atoms with Crippen molar-refractivity contribution in [2.24, 2.45) is 10.7 Å². The minimum absolute atomic E-state index is 0.133. The molecule has 20 heavy (non-hydrogen) atoms. The maximum atomic E-state index is 12.2. The molecule has 2 rings (SSSR count). The monoisotopic (exact) mass is 287 g/mol. The molecule has 2 N–H and O–H groups in total. The Balaban J connectivity index is 2.19. The SMILES string of the molecule is CCCN1C(N)=NCC1c1cccc(OC(F)(F)F)c1. The highest BCUT2D eigenvalue weighted by atomic mass is 19.4. The van der Waals surface area contributed by atoms with E-state index in [4.69, 9.17) is 5.73 Å². The summed E-state index contributed by atoms with van der Waals surface area (Å²) in [6.07, 6.45) is -3.81. The Morgan fingerprint density at radius 2 is 2.20 bits per heavy atom. The predicted octanol–water partition coefficient (Wildman–Crippen LogP) is 2.67. The molecule has 1 heterocycles. The Labute approximate surface area is 115 Å². The quantitative estimate of drug-likeness (QED) is 0.926. The van der Waals surface area contributed by atoms with Gasteiger partial charge in [0.15, 0.2) is 5.96 Å². The fraction of sp³-hybridized carbons (Fsp3) is 0.462. The van der Waals surface area contributed by atoms with Crippen molar-refractivity contribution in [1.82, 2.24) is 4.90 Å². The Morgan fingerprint density at radius 3 is 2.85 bits per heavy atom. The molecule has 1 aromatic carbocycles. The molecule has 1 aliphatic heterocycles. The second kappa shape index (κ2) is 5.60. The van der Waals surface area contributed by atoms with Crippen molar-refractivity contribution >= 4 is 5.96 Å². The summed E-state index contributed by atoms with van der Waals surface area (Å²) in [7, 11) is 0. The topological polar surface area (TPSA) is 50.8 Å². The van der Waals surface area contributed by atoms with Gasteiger partial charge in [-0.3, -0.25) is 4.99 Å². The van der Waals surface area contributed by atoms with Crippen molar-refractivity contribution in [2.75, 3.05) is 13.1 Å². The van der Waals surface area contributed by atoms with Crippen molar-refractivity contribution in [3.8, 4) is 5.75 Å². The molecule has 0 spiro atoms. The summed E-state index contributed by atoms with van der Waals surface area (Å²) in [4.78, 5) is 6.05. The number of alkyl halides is 3. The van der Waals surface area contributed by atoms with Gasteiger partial charge >= 0.3 is 6.36 Å². The molecule has 7 heteroatoms. The van der Waals surface area contributed by atoms with Crippen LogP contribution in [0.15, 0.2) is 29.3 Å². The summed E-state index contributed by atoms with van der Waals surface area (Å²) in [5, 5.41) is 0. The molecule has 0 bridgehead atoms. The molecule has 1 unspecified atom stereocenters. The number of hydrogen-bond donors (Lipinski definition) is 1. The number of hydrogen-bond acceptors (Lipinski definition) is 4. The predicted molar refractivity (Wildman–Crippen MR) is 69.4 cm³/mol. The van der Waals surface area contributed by atoms with Gasteiger partial charge in [0.05, 0.1) is 12.6 Å². The van der Waals surface area contributed by atoms with Gasteiger partial charge in [-0.25, -0.2) is 0 Å². The first-order valence-corrected chi connectivity index (χ1v) is 6.33. The van der Waals surface area contributed by atoms with E-state index < -0.39 is 6.36 Å². The fourth-order valence-corrected chi connectivity index (χ4v) is 2.24. The zero-order valence-corrected chi connectivity index (χ0v) is 11.0. The van der Waals surface area contributed by atoms with Crippen LogP contribution >= 0.6 is 0 Å².